The SMILES string of the molecule is CN(C)C1CCC(C(=O)O)CC1F.Cl. The Hall–Kier alpha value is -0.350. The van der Waals surface area contributed by atoms with Crippen molar-refractivity contribution >= 4 is 18.4 Å². The van der Waals surface area contributed by atoms with Gasteiger partial charge in [0.2, 0.25) is 0 Å². The Morgan fingerprint density at radius 1 is 1.43 bits per heavy atom. The number of nitrogens with zero attached hydrogens (tertiary/aromatic N) is 1. The molecular formula is C9H17ClFNO2. The molecule has 14 heavy (non-hydrogen) atoms. The van der Waals surface area contributed by atoms with Crippen LogP contribution in [-0.2, 0) is 4.79 Å². The summed E-state index contributed by atoms with van der Waals surface area (Å²) >= 11 is 0. The van der Waals surface area contributed by atoms with Crippen molar-refractivity contribution in [2.75, 3.05) is 14.1 Å². The molecule has 1 rings (SSSR count). The summed E-state index contributed by atoms with van der Waals surface area (Å²) in [5.74, 6) is -1.34. The summed E-state index contributed by atoms with van der Waals surface area (Å²) in [5, 5.41) is 8.70. The fourth-order valence-corrected chi connectivity index (χ4v) is 1.91. The number of alkyl halides is 1. The number of carboxylic acid groups (broad SMARTS) is 1. The van der Waals surface area contributed by atoms with Crippen LogP contribution in [-0.4, -0.2) is 42.3 Å². The molecule has 3 atom stereocenters. The van der Waals surface area contributed by atoms with Gasteiger partial charge in [0.25, 0.3) is 0 Å². The van der Waals surface area contributed by atoms with Gasteiger partial charge in [0.15, 0.2) is 0 Å². The molecule has 0 radical (unpaired) electrons. The number of carboxylic acids is 1. The first-order valence-electron chi connectivity index (χ1n) is 4.55. The third kappa shape index (κ3) is 3.10. The van der Waals surface area contributed by atoms with E-state index in [1.54, 1.807) is 0 Å². The lowest BCUT2D eigenvalue weighted by Gasteiger charge is -2.33. The van der Waals surface area contributed by atoms with E-state index in [1.165, 1.54) is 0 Å². The molecule has 1 N–H and O–H groups in total. The molecule has 3 nitrogen and oxygen atoms in total. The van der Waals surface area contributed by atoms with E-state index in [2.05, 4.69) is 0 Å². The third-order valence-corrected chi connectivity index (χ3v) is 2.75. The van der Waals surface area contributed by atoms with Crippen molar-refractivity contribution in [1.82, 2.24) is 4.90 Å². The standard InChI is InChI=1S/C9H16FNO2.ClH/c1-11(2)8-4-3-6(9(12)13)5-7(8)10;/h6-8H,3-5H2,1-2H3,(H,12,13);1H. The van der Waals surface area contributed by atoms with Crippen LogP contribution in [0.2, 0.25) is 0 Å². The highest BCUT2D eigenvalue weighted by Crippen LogP contribution is 2.29. The highest BCUT2D eigenvalue weighted by atomic mass is 35.5. The van der Waals surface area contributed by atoms with E-state index in [-0.39, 0.29) is 24.9 Å². The van der Waals surface area contributed by atoms with Gasteiger partial charge >= 0.3 is 5.97 Å². The van der Waals surface area contributed by atoms with Gasteiger partial charge in [0, 0.05) is 6.04 Å². The van der Waals surface area contributed by atoms with Gasteiger partial charge in [-0.3, -0.25) is 4.79 Å². The number of hydrogen-bond donors (Lipinski definition) is 1. The molecule has 0 aromatic carbocycles. The summed E-state index contributed by atoms with van der Waals surface area (Å²) in [6.07, 6.45) is 0.409. The number of aliphatic carboxylic acids is 1. The van der Waals surface area contributed by atoms with Gasteiger partial charge in [-0.25, -0.2) is 4.39 Å². The number of hydrogen-bond acceptors (Lipinski definition) is 2. The Labute approximate surface area is 89.7 Å². The minimum atomic E-state index is -0.996. The molecule has 0 aromatic rings. The van der Waals surface area contributed by atoms with Crippen LogP contribution in [0.25, 0.3) is 0 Å². The molecular weight excluding hydrogens is 209 g/mol. The summed E-state index contributed by atoms with van der Waals surface area (Å²) in [6.45, 7) is 0. The first-order valence-corrected chi connectivity index (χ1v) is 4.55. The Morgan fingerprint density at radius 2 is 2.00 bits per heavy atom. The zero-order chi connectivity index (χ0) is 10.0. The van der Waals surface area contributed by atoms with Crippen molar-refractivity contribution in [3.63, 3.8) is 0 Å². The van der Waals surface area contributed by atoms with Crippen LogP contribution in [0, 0.1) is 5.92 Å². The van der Waals surface area contributed by atoms with Crippen LogP contribution >= 0.6 is 12.4 Å². The van der Waals surface area contributed by atoms with E-state index in [9.17, 15) is 9.18 Å². The van der Waals surface area contributed by atoms with Crippen LogP contribution in [0.15, 0.2) is 0 Å². The van der Waals surface area contributed by atoms with Crippen molar-refractivity contribution in [1.29, 1.82) is 0 Å². The number of halogens is 2. The highest BCUT2D eigenvalue weighted by molar-refractivity contribution is 5.85. The Balaban J connectivity index is 0.00000169. The average molecular weight is 226 g/mol. The van der Waals surface area contributed by atoms with Crippen LogP contribution in [0.3, 0.4) is 0 Å². The molecule has 84 valence electrons. The highest BCUT2D eigenvalue weighted by Gasteiger charge is 2.34. The van der Waals surface area contributed by atoms with Gasteiger partial charge in [-0.2, -0.15) is 0 Å². The average Bonchev–Trinajstić information content (AvgIpc) is 2.03. The molecule has 0 amide bonds. The predicted molar refractivity (Wildman–Crippen MR) is 54.6 cm³/mol. The molecule has 5 heteroatoms. The van der Waals surface area contributed by atoms with E-state index in [0.29, 0.717) is 12.8 Å². The normalized spacial score (nSPS) is 32.4. The fraction of sp³-hybridized carbons (Fsp3) is 0.889. The molecule has 0 aromatic heterocycles. The first kappa shape index (κ1) is 13.7. The second kappa shape index (κ2) is 5.51. The second-order valence-electron chi connectivity index (χ2n) is 3.90. The van der Waals surface area contributed by atoms with Gasteiger partial charge in [-0.15, -0.1) is 12.4 Å². The molecule has 0 spiro atoms. The second-order valence-corrected chi connectivity index (χ2v) is 3.90. The molecule has 1 saturated carbocycles. The van der Waals surface area contributed by atoms with Gasteiger partial charge < -0.3 is 10.0 Å². The third-order valence-electron chi connectivity index (χ3n) is 2.75. The Morgan fingerprint density at radius 3 is 2.36 bits per heavy atom. The van der Waals surface area contributed by atoms with Crippen molar-refractivity contribution in [2.45, 2.75) is 31.5 Å². The summed E-state index contributed by atoms with van der Waals surface area (Å²) in [6, 6.07) is -0.101. The van der Waals surface area contributed by atoms with Gasteiger partial charge in [0.05, 0.1) is 5.92 Å². The van der Waals surface area contributed by atoms with Gasteiger partial charge in [-0.1, -0.05) is 0 Å². The lowest BCUT2D eigenvalue weighted by Crippen LogP contribution is -2.42. The first-order chi connectivity index (χ1) is 6.02. The van der Waals surface area contributed by atoms with Crippen molar-refractivity contribution < 1.29 is 14.3 Å². The number of rotatable bonds is 2. The summed E-state index contributed by atoms with van der Waals surface area (Å²) < 4.78 is 13.4. The van der Waals surface area contributed by atoms with E-state index in [4.69, 9.17) is 5.11 Å². The van der Waals surface area contributed by atoms with Gasteiger partial charge in [-0.05, 0) is 33.4 Å². The van der Waals surface area contributed by atoms with Crippen LogP contribution in [0.1, 0.15) is 19.3 Å². The summed E-state index contributed by atoms with van der Waals surface area (Å²) in [7, 11) is 3.66. The van der Waals surface area contributed by atoms with Crippen LogP contribution < -0.4 is 0 Å². The molecule has 0 saturated heterocycles. The maximum absolute atomic E-state index is 13.4. The molecule has 1 aliphatic carbocycles. The maximum atomic E-state index is 13.4. The van der Waals surface area contributed by atoms with E-state index >= 15 is 0 Å². The molecule has 0 heterocycles. The maximum Gasteiger partial charge on any atom is 0.306 e. The van der Waals surface area contributed by atoms with Crippen molar-refractivity contribution in [2.24, 2.45) is 5.92 Å². The zero-order valence-corrected chi connectivity index (χ0v) is 9.26. The lowest BCUT2D eigenvalue weighted by molar-refractivity contribution is -0.144. The van der Waals surface area contributed by atoms with E-state index in [1.807, 2.05) is 19.0 Å². The fourth-order valence-electron chi connectivity index (χ4n) is 1.91. The smallest absolute Gasteiger partial charge is 0.306 e. The Bertz CT molecular complexity index is 201. The van der Waals surface area contributed by atoms with Crippen LogP contribution in [0.5, 0.6) is 0 Å². The minimum absolute atomic E-state index is 0. The molecule has 1 fully saturated rings. The van der Waals surface area contributed by atoms with E-state index < -0.39 is 18.1 Å². The molecule has 3 unspecified atom stereocenters. The largest absolute Gasteiger partial charge is 0.481 e. The van der Waals surface area contributed by atoms with Crippen LogP contribution in [0.4, 0.5) is 4.39 Å². The van der Waals surface area contributed by atoms with Crippen molar-refractivity contribution in [3.05, 3.63) is 0 Å². The monoisotopic (exact) mass is 225 g/mol. The Kier molecular flexibility index (Phi) is 5.37. The summed E-state index contributed by atoms with van der Waals surface area (Å²) in [5.41, 5.74) is 0. The van der Waals surface area contributed by atoms with Gasteiger partial charge in [0.1, 0.15) is 6.17 Å². The summed E-state index contributed by atoms with van der Waals surface area (Å²) in [4.78, 5) is 12.4. The number of carbonyl (C=O) groups is 1. The van der Waals surface area contributed by atoms with E-state index in [0.717, 1.165) is 0 Å². The quantitative estimate of drug-likeness (QED) is 0.776. The molecule has 1 aliphatic rings. The lowest BCUT2D eigenvalue weighted by atomic mass is 9.84. The molecule has 0 bridgehead atoms. The topological polar surface area (TPSA) is 40.5 Å². The van der Waals surface area contributed by atoms with Crippen molar-refractivity contribution in [3.8, 4) is 0 Å². The zero-order valence-electron chi connectivity index (χ0n) is 8.44. The molecule has 0 aliphatic heterocycles. The minimum Gasteiger partial charge on any atom is -0.481 e. The predicted octanol–water partition coefficient (Wildman–Crippen LogP) is 1.56.